The molecule has 0 heterocycles. The number of Topliss-reactive ketones (excluding diaryl/α,β-unsaturated/α-hetero) is 1. The summed E-state index contributed by atoms with van der Waals surface area (Å²) in [5, 5.41) is 8.87. The molecule has 1 aliphatic carbocycles. The van der Waals surface area contributed by atoms with Gasteiger partial charge in [-0.2, -0.15) is 0 Å². The molecule has 1 aliphatic rings. The van der Waals surface area contributed by atoms with E-state index in [0.29, 0.717) is 6.42 Å². The summed E-state index contributed by atoms with van der Waals surface area (Å²) in [6.45, 7) is 1.61. The average Bonchev–Trinajstić information content (AvgIpc) is 2.63. The summed E-state index contributed by atoms with van der Waals surface area (Å²) in [5.74, 6) is 2.87. The summed E-state index contributed by atoms with van der Waals surface area (Å²) in [6, 6.07) is 0. The van der Waals surface area contributed by atoms with E-state index < -0.39 is 23.3 Å². The molecule has 98 valence electrons. The molecule has 2 atom stereocenters. The van der Waals surface area contributed by atoms with Crippen molar-refractivity contribution >= 4 is 17.7 Å². The lowest BCUT2D eigenvalue weighted by atomic mass is 9.73. The lowest BCUT2D eigenvalue weighted by Crippen LogP contribution is -2.42. The van der Waals surface area contributed by atoms with Crippen LogP contribution >= 0.6 is 0 Å². The Balaban J connectivity index is 3.15. The Morgan fingerprint density at radius 3 is 2.72 bits per heavy atom. The summed E-state index contributed by atoms with van der Waals surface area (Å²) in [5.41, 5.74) is -1.39. The standard InChI is InChI=1S/C13H16O5/c1-3-4-7-13(12(17)18-2)9(8-11(15)16)5-6-10(13)14/h9H,5-8H2,1-2H3,(H,15,16). The topological polar surface area (TPSA) is 80.7 Å². The van der Waals surface area contributed by atoms with Gasteiger partial charge in [0.1, 0.15) is 5.41 Å². The van der Waals surface area contributed by atoms with Crippen LogP contribution in [0.25, 0.3) is 0 Å². The van der Waals surface area contributed by atoms with E-state index in [1.54, 1.807) is 6.92 Å². The summed E-state index contributed by atoms with van der Waals surface area (Å²) >= 11 is 0. The first-order chi connectivity index (χ1) is 8.48. The van der Waals surface area contributed by atoms with Gasteiger partial charge in [-0.25, -0.2) is 0 Å². The molecule has 5 nitrogen and oxygen atoms in total. The first kappa shape index (κ1) is 14.2. The first-order valence-electron chi connectivity index (χ1n) is 5.72. The number of carbonyl (C=O) groups is 3. The molecule has 0 spiro atoms. The Morgan fingerprint density at radius 2 is 2.22 bits per heavy atom. The largest absolute Gasteiger partial charge is 0.481 e. The van der Waals surface area contributed by atoms with Gasteiger partial charge in [-0.1, -0.05) is 0 Å². The number of methoxy groups -OCH3 is 1. The van der Waals surface area contributed by atoms with Crippen molar-refractivity contribution in [2.45, 2.75) is 32.6 Å². The molecule has 18 heavy (non-hydrogen) atoms. The average molecular weight is 252 g/mol. The smallest absolute Gasteiger partial charge is 0.320 e. The minimum atomic E-state index is -1.39. The van der Waals surface area contributed by atoms with E-state index in [4.69, 9.17) is 9.84 Å². The van der Waals surface area contributed by atoms with Crippen molar-refractivity contribution in [1.29, 1.82) is 0 Å². The summed E-state index contributed by atoms with van der Waals surface area (Å²) in [4.78, 5) is 34.8. The third-order valence-corrected chi connectivity index (χ3v) is 3.43. The van der Waals surface area contributed by atoms with Crippen molar-refractivity contribution in [2.75, 3.05) is 7.11 Å². The number of carboxylic acids is 1. The Hall–Kier alpha value is -1.83. The number of esters is 1. The number of carbonyl (C=O) groups excluding carboxylic acids is 2. The van der Waals surface area contributed by atoms with Crippen molar-refractivity contribution < 1.29 is 24.2 Å². The maximum absolute atomic E-state index is 12.0. The zero-order valence-electron chi connectivity index (χ0n) is 10.5. The molecule has 1 saturated carbocycles. The van der Waals surface area contributed by atoms with Crippen LogP contribution in [0.2, 0.25) is 0 Å². The molecule has 0 radical (unpaired) electrons. The van der Waals surface area contributed by atoms with E-state index in [2.05, 4.69) is 11.8 Å². The summed E-state index contributed by atoms with van der Waals surface area (Å²) < 4.78 is 4.70. The first-order valence-corrected chi connectivity index (χ1v) is 5.72. The van der Waals surface area contributed by atoms with Gasteiger partial charge < -0.3 is 9.84 Å². The van der Waals surface area contributed by atoms with Gasteiger partial charge in [-0.15, -0.1) is 11.8 Å². The van der Waals surface area contributed by atoms with Gasteiger partial charge in [-0.05, 0) is 19.3 Å². The van der Waals surface area contributed by atoms with Gasteiger partial charge >= 0.3 is 11.9 Å². The number of hydrogen-bond donors (Lipinski definition) is 1. The molecule has 5 heteroatoms. The highest BCUT2D eigenvalue weighted by atomic mass is 16.5. The van der Waals surface area contributed by atoms with Crippen LogP contribution in [-0.4, -0.2) is 29.9 Å². The lowest BCUT2D eigenvalue weighted by molar-refractivity contribution is -0.159. The van der Waals surface area contributed by atoms with Crippen LogP contribution in [-0.2, 0) is 19.1 Å². The number of hydrogen-bond acceptors (Lipinski definition) is 4. The number of ketones is 1. The number of carboxylic acid groups (broad SMARTS) is 1. The fourth-order valence-electron chi connectivity index (χ4n) is 2.50. The highest BCUT2D eigenvalue weighted by Crippen LogP contribution is 2.46. The Labute approximate surface area is 106 Å². The van der Waals surface area contributed by atoms with Crippen LogP contribution in [0.3, 0.4) is 0 Å². The maximum atomic E-state index is 12.0. The van der Waals surface area contributed by atoms with Gasteiger partial charge in [-0.3, -0.25) is 14.4 Å². The van der Waals surface area contributed by atoms with Gasteiger partial charge in [0, 0.05) is 19.3 Å². The van der Waals surface area contributed by atoms with E-state index in [1.165, 1.54) is 7.11 Å². The number of ether oxygens (including phenoxy) is 1. The zero-order valence-corrected chi connectivity index (χ0v) is 10.5. The van der Waals surface area contributed by atoms with Gasteiger partial charge in [0.2, 0.25) is 0 Å². The van der Waals surface area contributed by atoms with Crippen LogP contribution in [0.15, 0.2) is 0 Å². The fraction of sp³-hybridized carbons (Fsp3) is 0.615. The molecule has 1 N–H and O–H groups in total. The zero-order chi connectivity index (χ0) is 13.8. The number of rotatable bonds is 4. The molecule has 0 bridgehead atoms. The van der Waals surface area contributed by atoms with Crippen LogP contribution in [0.1, 0.15) is 32.6 Å². The lowest BCUT2D eigenvalue weighted by Gasteiger charge is -2.28. The van der Waals surface area contributed by atoms with E-state index >= 15 is 0 Å². The van der Waals surface area contributed by atoms with E-state index in [-0.39, 0.29) is 25.0 Å². The third kappa shape index (κ3) is 2.37. The highest BCUT2D eigenvalue weighted by Gasteiger charge is 2.56. The molecule has 1 rings (SSSR count). The molecule has 0 saturated heterocycles. The second-order valence-electron chi connectivity index (χ2n) is 4.32. The fourth-order valence-corrected chi connectivity index (χ4v) is 2.50. The van der Waals surface area contributed by atoms with E-state index in [0.717, 1.165) is 0 Å². The van der Waals surface area contributed by atoms with Crippen LogP contribution < -0.4 is 0 Å². The predicted molar refractivity (Wildman–Crippen MR) is 62.5 cm³/mol. The maximum Gasteiger partial charge on any atom is 0.320 e. The van der Waals surface area contributed by atoms with Crippen molar-refractivity contribution in [3.8, 4) is 11.8 Å². The molecular formula is C13H16O5. The molecule has 2 unspecified atom stereocenters. The highest BCUT2D eigenvalue weighted by molar-refractivity contribution is 6.06. The second kappa shape index (κ2) is 5.67. The van der Waals surface area contributed by atoms with Crippen molar-refractivity contribution in [1.82, 2.24) is 0 Å². The van der Waals surface area contributed by atoms with Crippen LogP contribution in [0, 0.1) is 23.2 Å². The quantitative estimate of drug-likeness (QED) is 0.459. The van der Waals surface area contributed by atoms with Crippen LogP contribution in [0.4, 0.5) is 0 Å². The van der Waals surface area contributed by atoms with Gasteiger partial charge in [0.05, 0.1) is 7.11 Å². The normalized spacial score (nSPS) is 26.3. The van der Waals surface area contributed by atoms with Gasteiger partial charge in [0.25, 0.3) is 0 Å². The predicted octanol–water partition coefficient (Wildman–Crippen LogP) is 1.01. The molecule has 0 aromatic heterocycles. The van der Waals surface area contributed by atoms with Crippen molar-refractivity contribution in [2.24, 2.45) is 11.3 Å². The Morgan fingerprint density at radius 1 is 1.56 bits per heavy atom. The SMILES string of the molecule is CC#CCC1(C(=O)OC)C(=O)CCC1CC(=O)O. The van der Waals surface area contributed by atoms with Crippen molar-refractivity contribution in [3.63, 3.8) is 0 Å². The van der Waals surface area contributed by atoms with Gasteiger partial charge in [0.15, 0.2) is 5.78 Å². The molecule has 1 fully saturated rings. The summed E-state index contributed by atoms with van der Waals surface area (Å²) in [7, 11) is 1.20. The van der Waals surface area contributed by atoms with Crippen molar-refractivity contribution in [3.05, 3.63) is 0 Å². The minimum Gasteiger partial charge on any atom is -0.481 e. The second-order valence-corrected chi connectivity index (χ2v) is 4.32. The summed E-state index contributed by atoms with van der Waals surface area (Å²) in [6.07, 6.45) is 0.420. The molecule has 0 aliphatic heterocycles. The molecule has 0 aromatic rings. The molecular weight excluding hydrogens is 236 g/mol. The number of aliphatic carboxylic acids is 1. The monoisotopic (exact) mass is 252 g/mol. The Kier molecular flexibility index (Phi) is 4.49. The third-order valence-electron chi connectivity index (χ3n) is 3.43. The van der Waals surface area contributed by atoms with E-state index in [1.807, 2.05) is 0 Å². The molecule has 0 aromatic carbocycles. The minimum absolute atomic E-state index is 0.0347. The Bertz CT molecular complexity index is 428. The van der Waals surface area contributed by atoms with Crippen LogP contribution in [0.5, 0.6) is 0 Å². The van der Waals surface area contributed by atoms with E-state index in [9.17, 15) is 14.4 Å². The molecule has 0 amide bonds.